The Balaban J connectivity index is 1.28. The molecule has 3 aliphatic carbocycles. The van der Waals surface area contributed by atoms with Crippen LogP contribution in [0.3, 0.4) is 0 Å². The van der Waals surface area contributed by atoms with E-state index in [2.05, 4.69) is 10.6 Å². The second-order valence-corrected chi connectivity index (χ2v) is 13.0. The van der Waals surface area contributed by atoms with Crippen LogP contribution in [-0.4, -0.2) is 58.0 Å². The molecular weight excluding hydrogens is 673 g/mol. The highest BCUT2D eigenvalue weighted by Gasteiger charge is 2.57. The molecule has 3 fully saturated rings. The van der Waals surface area contributed by atoms with Crippen molar-refractivity contribution < 1.29 is 51.7 Å². The number of ether oxygens (including phenoxy) is 3. The van der Waals surface area contributed by atoms with Gasteiger partial charge in [0.2, 0.25) is 0 Å². The van der Waals surface area contributed by atoms with Crippen LogP contribution in [0.4, 0.5) is 8.78 Å². The molecule has 1 atom stereocenters. The third-order valence-corrected chi connectivity index (χ3v) is 9.29. The summed E-state index contributed by atoms with van der Waals surface area (Å²) >= 11 is 5.72. The molecular formula is C33H34ClF2N2O9P. The summed E-state index contributed by atoms with van der Waals surface area (Å²) in [5, 5.41) is 5.92. The highest BCUT2D eigenvalue weighted by Crippen LogP contribution is 2.48. The average Bonchev–Trinajstić information content (AvgIpc) is 3.04. The summed E-state index contributed by atoms with van der Waals surface area (Å²) in [6, 6.07) is 14.5. The van der Waals surface area contributed by atoms with Crippen molar-refractivity contribution in [2.75, 3.05) is 13.2 Å². The predicted molar refractivity (Wildman–Crippen MR) is 170 cm³/mol. The van der Waals surface area contributed by atoms with Gasteiger partial charge < -0.3 is 39.2 Å². The summed E-state index contributed by atoms with van der Waals surface area (Å²) in [5.41, 5.74) is -0.985. The van der Waals surface area contributed by atoms with Crippen LogP contribution >= 0.6 is 20.2 Å². The van der Waals surface area contributed by atoms with Gasteiger partial charge in [-0.05, 0) is 62.4 Å². The van der Waals surface area contributed by atoms with E-state index < -0.39 is 68.4 Å². The van der Waals surface area contributed by atoms with Gasteiger partial charge in [0.15, 0.2) is 13.2 Å². The molecule has 3 saturated carbocycles. The molecule has 2 bridgehead atoms. The van der Waals surface area contributed by atoms with E-state index in [-0.39, 0.29) is 35.1 Å². The van der Waals surface area contributed by atoms with Crippen molar-refractivity contribution in [2.24, 2.45) is 0 Å². The van der Waals surface area contributed by atoms with Crippen LogP contribution in [-0.2, 0) is 25.5 Å². The van der Waals surface area contributed by atoms with Crippen molar-refractivity contribution in [2.45, 2.75) is 62.6 Å². The van der Waals surface area contributed by atoms with Crippen LogP contribution in [0.5, 0.6) is 17.2 Å². The minimum atomic E-state index is -2.72. The molecule has 3 aliphatic rings. The lowest BCUT2D eigenvalue weighted by Gasteiger charge is -2.57. The number of carbonyl (C=O) groups excluding carboxylic acids is 3. The average molecular weight is 707 g/mol. The number of benzene rings is 3. The number of aryl methyl sites for hydroxylation is 1. The lowest BCUT2D eigenvalue weighted by Crippen LogP contribution is -2.71. The normalized spacial score (nSPS) is 21.4. The number of halogens is 3. The van der Waals surface area contributed by atoms with Crippen molar-refractivity contribution >= 4 is 38.0 Å². The lowest BCUT2D eigenvalue weighted by molar-refractivity contribution is -0.166. The molecule has 0 heterocycles. The fourth-order valence-corrected chi connectivity index (χ4v) is 6.61. The van der Waals surface area contributed by atoms with E-state index in [1.54, 1.807) is 31.2 Å². The van der Waals surface area contributed by atoms with Gasteiger partial charge >= 0.3 is 14.6 Å². The van der Waals surface area contributed by atoms with Crippen LogP contribution in [0.2, 0.25) is 5.02 Å². The lowest BCUT2D eigenvalue weighted by atomic mass is 9.59. The summed E-state index contributed by atoms with van der Waals surface area (Å²) in [6.07, 6.45) is 0.602. The van der Waals surface area contributed by atoms with Gasteiger partial charge in [-0.2, -0.15) is 0 Å². The number of fused-ring (bicyclic) bond motifs is 3. The van der Waals surface area contributed by atoms with Crippen molar-refractivity contribution in [1.29, 1.82) is 0 Å². The van der Waals surface area contributed by atoms with Gasteiger partial charge in [0, 0.05) is 29.7 Å². The molecule has 4 N–H and O–H groups in total. The van der Waals surface area contributed by atoms with Crippen molar-refractivity contribution in [3.8, 4) is 17.2 Å². The van der Waals surface area contributed by atoms with Gasteiger partial charge in [-0.25, -0.2) is 8.78 Å². The second-order valence-electron chi connectivity index (χ2n) is 11.9. The molecule has 0 aliphatic heterocycles. The smallest absolute Gasteiger partial charge is 0.391 e. The first-order valence-electron chi connectivity index (χ1n) is 15.1. The molecule has 11 nitrogen and oxygen atoms in total. The maximum absolute atomic E-state index is 14.0. The minimum Gasteiger partial charge on any atom is -0.484 e. The Bertz CT molecular complexity index is 1670. The Morgan fingerprint density at radius 2 is 1.52 bits per heavy atom. The molecule has 1 unspecified atom stereocenters. The highest BCUT2D eigenvalue weighted by atomic mass is 35.5. The number of carbonyl (C=O) groups is 3. The van der Waals surface area contributed by atoms with Crippen LogP contribution < -0.4 is 24.6 Å². The third-order valence-electron chi connectivity index (χ3n) is 8.62. The number of rotatable bonds is 13. The van der Waals surface area contributed by atoms with Gasteiger partial charge in [0.1, 0.15) is 35.0 Å². The number of esters is 1. The van der Waals surface area contributed by atoms with Gasteiger partial charge in [-0.3, -0.25) is 14.4 Å². The van der Waals surface area contributed by atoms with Crippen LogP contribution in [0.1, 0.15) is 43.2 Å². The predicted octanol–water partition coefficient (Wildman–Crippen LogP) is 4.82. The highest BCUT2D eigenvalue weighted by molar-refractivity contribution is 7.39. The molecule has 48 heavy (non-hydrogen) atoms. The van der Waals surface area contributed by atoms with Crippen LogP contribution in [0, 0.1) is 18.6 Å². The Labute approximate surface area is 281 Å². The second kappa shape index (κ2) is 15.0. The Kier molecular flexibility index (Phi) is 11.0. The summed E-state index contributed by atoms with van der Waals surface area (Å²) in [5.74, 6) is -2.38. The molecule has 2 amide bonds. The van der Waals surface area contributed by atoms with E-state index in [1.807, 2.05) is 0 Å². The van der Waals surface area contributed by atoms with Crippen molar-refractivity contribution in [3.63, 3.8) is 0 Å². The van der Waals surface area contributed by atoms with Crippen molar-refractivity contribution in [1.82, 2.24) is 10.6 Å². The fraction of sp³-hybridized carbons (Fsp3) is 0.364. The maximum atomic E-state index is 14.0. The quantitative estimate of drug-likeness (QED) is 0.145. The molecule has 15 heteroatoms. The molecule has 0 saturated heterocycles. The van der Waals surface area contributed by atoms with E-state index in [0.29, 0.717) is 36.8 Å². The van der Waals surface area contributed by atoms with Gasteiger partial charge in [-0.1, -0.05) is 35.9 Å². The Morgan fingerprint density at radius 3 is 2.17 bits per heavy atom. The van der Waals surface area contributed by atoms with Gasteiger partial charge in [-0.15, -0.1) is 0 Å². The molecule has 6 rings (SSSR count). The Morgan fingerprint density at radius 1 is 0.896 bits per heavy atom. The van der Waals surface area contributed by atoms with E-state index in [1.165, 1.54) is 30.3 Å². The molecule has 3 aromatic carbocycles. The summed E-state index contributed by atoms with van der Waals surface area (Å²) in [7, 11) is -2.72. The zero-order chi connectivity index (χ0) is 34.5. The molecule has 0 spiro atoms. The largest absolute Gasteiger partial charge is 0.484 e. The molecule has 3 aromatic rings. The van der Waals surface area contributed by atoms with Crippen LogP contribution in [0.15, 0.2) is 60.7 Å². The maximum Gasteiger partial charge on any atom is 0.391 e. The summed E-state index contributed by atoms with van der Waals surface area (Å²) < 4.78 is 49.8. The van der Waals surface area contributed by atoms with Crippen LogP contribution in [0.25, 0.3) is 0 Å². The monoisotopic (exact) mass is 706 g/mol. The summed E-state index contributed by atoms with van der Waals surface area (Å²) in [6.45, 7) is 0.795. The van der Waals surface area contributed by atoms with E-state index in [9.17, 15) is 33.0 Å². The van der Waals surface area contributed by atoms with Gasteiger partial charge in [0.25, 0.3) is 11.8 Å². The van der Waals surface area contributed by atoms with Crippen molar-refractivity contribution in [3.05, 3.63) is 88.4 Å². The Hall–Kier alpha value is -4.03. The third kappa shape index (κ3) is 8.70. The zero-order valence-electron chi connectivity index (χ0n) is 25.8. The topological polar surface area (TPSA) is 153 Å². The first kappa shape index (κ1) is 35.3. The van der Waals surface area contributed by atoms with E-state index >= 15 is 0 Å². The van der Waals surface area contributed by atoms with E-state index in [4.69, 9.17) is 30.3 Å². The minimum absolute atomic E-state index is 0.0789. The number of hydrogen-bond donors (Lipinski definition) is 4. The first-order valence-corrected chi connectivity index (χ1v) is 16.6. The first-order chi connectivity index (χ1) is 22.8. The fourth-order valence-electron chi connectivity index (χ4n) is 6.14. The molecule has 0 radical (unpaired) electrons. The molecule has 256 valence electrons. The standard InChI is InChI=1S/C33H34ClF2N2O9P/c1-20-6-7-22(15-25(20)35)45-19-30(40)38-33-12-10-32(11-13-33,37-29(39)18-44-23-8-9-24(34)26(36)16-23)17-28(33)46-31(41)14-21-4-2-3-5-27(21)47-48(42)43/h2-9,15-16,28,42-43H,10-14,17-19H2,1H3,(H,37,39)(H,38,40). The SMILES string of the molecule is Cc1ccc(OCC(=O)NC23CCC(NC(=O)COc4ccc(Cl)c(F)c4)(CC2)CC3OC(=O)Cc2ccccc2OP(O)O)cc1F. The van der Waals surface area contributed by atoms with Gasteiger partial charge in [0.05, 0.1) is 17.0 Å². The zero-order valence-corrected chi connectivity index (χ0v) is 27.5. The number of nitrogens with one attached hydrogen (secondary N) is 2. The van der Waals surface area contributed by atoms with E-state index in [0.717, 1.165) is 6.07 Å². The number of hydrogen-bond acceptors (Lipinski definition) is 9. The number of amides is 2. The molecule has 0 aromatic heterocycles. The number of para-hydroxylation sites is 1. The summed E-state index contributed by atoms with van der Waals surface area (Å²) in [4.78, 5) is 58.1.